The number of rotatable bonds is 0. The number of nitrogens with one attached hydrogen (secondary N) is 1. The summed E-state index contributed by atoms with van der Waals surface area (Å²) in [5, 5.41) is 4.65. The molecule has 1 aromatic carbocycles. The summed E-state index contributed by atoms with van der Waals surface area (Å²) in [6.07, 6.45) is 6.09. The Bertz CT molecular complexity index is 479. The van der Waals surface area contributed by atoms with Gasteiger partial charge in [0, 0.05) is 18.4 Å². The first-order valence-corrected chi connectivity index (χ1v) is 6.53. The summed E-state index contributed by atoms with van der Waals surface area (Å²) in [5.41, 5.74) is 0.690. The maximum atomic E-state index is 6.18. The van der Waals surface area contributed by atoms with Crippen LogP contribution in [0.4, 0.5) is 0 Å². The van der Waals surface area contributed by atoms with E-state index in [4.69, 9.17) is 27.9 Å². The molecule has 1 spiro atoms. The van der Waals surface area contributed by atoms with Gasteiger partial charge in [-0.15, -0.1) is 0 Å². The van der Waals surface area contributed by atoms with Crippen LogP contribution in [0.1, 0.15) is 18.4 Å². The molecule has 4 heteroatoms. The minimum Gasteiger partial charge on any atom is -0.481 e. The van der Waals surface area contributed by atoms with Gasteiger partial charge in [-0.05, 0) is 37.4 Å². The van der Waals surface area contributed by atoms with Crippen molar-refractivity contribution in [2.75, 3.05) is 13.1 Å². The molecular formula is C13H13Cl2NO. The molecule has 1 N–H and O–H groups in total. The third-order valence-electron chi connectivity index (χ3n) is 3.40. The zero-order chi connectivity index (χ0) is 11.9. The number of halogens is 2. The normalized spacial score (nSPS) is 21.1. The molecule has 1 fully saturated rings. The SMILES string of the molecule is Clc1ccc(Cl)c2c1C=CC1(CCNCC1)O2. The molecule has 2 aliphatic heterocycles. The third kappa shape index (κ3) is 1.95. The maximum absolute atomic E-state index is 6.18. The van der Waals surface area contributed by atoms with Gasteiger partial charge in [0.25, 0.3) is 0 Å². The van der Waals surface area contributed by atoms with E-state index in [0.717, 1.165) is 37.2 Å². The maximum Gasteiger partial charge on any atom is 0.147 e. The highest BCUT2D eigenvalue weighted by molar-refractivity contribution is 6.35. The lowest BCUT2D eigenvalue weighted by atomic mass is 9.89. The Kier molecular flexibility index (Phi) is 2.81. The first kappa shape index (κ1) is 11.4. The van der Waals surface area contributed by atoms with E-state index < -0.39 is 0 Å². The lowest BCUT2D eigenvalue weighted by Gasteiger charge is -2.38. The number of ether oxygens (including phenoxy) is 1. The molecule has 1 aromatic rings. The Labute approximate surface area is 111 Å². The van der Waals surface area contributed by atoms with Crippen LogP contribution in [0, 0.1) is 0 Å². The summed E-state index contributed by atoms with van der Waals surface area (Å²) in [5.74, 6) is 0.726. The monoisotopic (exact) mass is 269 g/mol. The lowest BCUT2D eigenvalue weighted by Crippen LogP contribution is -2.45. The van der Waals surface area contributed by atoms with Gasteiger partial charge in [0.05, 0.1) is 10.0 Å². The first-order chi connectivity index (χ1) is 8.20. The molecule has 2 nitrogen and oxygen atoms in total. The van der Waals surface area contributed by atoms with Crippen LogP contribution in [0.5, 0.6) is 5.75 Å². The van der Waals surface area contributed by atoms with E-state index in [0.29, 0.717) is 10.0 Å². The van der Waals surface area contributed by atoms with Crippen LogP contribution >= 0.6 is 23.2 Å². The van der Waals surface area contributed by atoms with Gasteiger partial charge in [-0.3, -0.25) is 0 Å². The summed E-state index contributed by atoms with van der Waals surface area (Å²) in [4.78, 5) is 0. The van der Waals surface area contributed by atoms with E-state index in [1.807, 2.05) is 6.08 Å². The quantitative estimate of drug-likeness (QED) is 0.778. The van der Waals surface area contributed by atoms with Crippen molar-refractivity contribution < 1.29 is 4.74 Å². The average Bonchev–Trinajstić information content (AvgIpc) is 2.35. The summed E-state index contributed by atoms with van der Waals surface area (Å²) in [6.45, 7) is 1.94. The van der Waals surface area contributed by atoms with Crippen LogP contribution in [0.2, 0.25) is 10.0 Å². The molecule has 90 valence electrons. The minimum atomic E-state index is -0.202. The molecule has 0 unspecified atom stereocenters. The van der Waals surface area contributed by atoms with Crippen molar-refractivity contribution in [2.24, 2.45) is 0 Å². The van der Waals surface area contributed by atoms with Gasteiger partial charge in [0.15, 0.2) is 0 Å². The van der Waals surface area contributed by atoms with Gasteiger partial charge in [-0.1, -0.05) is 23.2 Å². The molecule has 2 aliphatic rings. The second-order valence-corrected chi connectivity index (χ2v) is 5.34. The number of hydrogen-bond acceptors (Lipinski definition) is 2. The van der Waals surface area contributed by atoms with E-state index in [2.05, 4.69) is 11.4 Å². The Morgan fingerprint density at radius 3 is 2.59 bits per heavy atom. The Morgan fingerprint density at radius 1 is 1.12 bits per heavy atom. The number of hydrogen-bond donors (Lipinski definition) is 1. The molecule has 0 aromatic heterocycles. The smallest absolute Gasteiger partial charge is 0.147 e. The second kappa shape index (κ2) is 4.20. The minimum absolute atomic E-state index is 0.202. The van der Waals surface area contributed by atoms with E-state index >= 15 is 0 Å². The van der Waals surface area contributed by atoms with Crippen LogP contribution in [0.15, 0.2) is 18.2 Å². The Balaban J connectivity index is 2.03. The highest BCUT2D eigenvalue weighted by Crippen LogP contribution is 2.42. The number of piperidine rings is 1. The summed E-state index contributed by atoms with van der Waals surface area (Å²) in [7, 11) is 0. The fraction of sp³-hybridized carbons (Fsp3) is 0.385. The molecule has 1 saturated heterocycles. The van der Waals surface area contributed by atoms with Crippen LogP contribution in [-0.4, -0.2) is 18.7 Å². The van der Waals surface area contributed by atoms with Crippen molar-refractivity contribution in [1.82, 2.24) is 5.32 Å². The molecule has 0 saturated carbocycles. The second-order valence-electron chi connectivity index (χ2n) is 4.52. The molecular weight excluding hydrogens is 257 g/mol. The van der Waals surface area contributed by atoms with Gasteiger partial charge >= 0.3 is 0 Å². The number of benzene rings is 1. The largest absolute Gasteiger partial charge is 0.481 e. The summed E-state index contributed by atoms with van der Waals surface area (Å²) >= 11 is 12.3. The standard InChI is InChI=1S/C13H13Cl2NO/c14-10-1-2-11(15)12-9(10)3-4-13(17-12)5-7-16-8-6-13/h1-4,16H,5-8H2. The summed E-state index contributed by atoms with van der Waals surface area (Å²) in [6, 6.07) is 3.59. The van der Waals surface area contributed by atoms with E-state index in [1.54, 1.807) is 12.1 Å². The van der Waals surface area contributed by atoms with Crippen LogP contribution in [0.25, 0.3) is 6.08 Å². The highest BCUT2D eigenvalue weighted by Gasteiger charge is 2.35. The van der Waals surface area contributed by atoms with Crippen LogP contribution in [-0.2, 0) is 0 Å². The fourth-order valence-corrected chi connectivity index (χ4v) is 2.81. The van der Waals surface area contributed by atoms with Crippen molar-refractivity contribution in [3.05, 3.63) is 33.8 Å². The zero-order valence-electron chi connectivity index (χ0n) is 9.30. The fourth-order valence-electron chi connectivity index (χ4n) is 2.40. The molecule has 17 heavy (non-hydrogen) atoms. The van der Waals surface area contributed by atoms with Crippen molar-refractivity contribution in [3.8, 4) is 5.75 Å². The topological polar surface area (TPSA) is 21.3 Å². The molecule has 3 rings (SSSR count). The van der Waals surface area contributed by atoms with Gasteiger partial charge in [-0.25, -0.2) is 0 Å². The van der Waals surface area contributed by atoms with Crippen LogP contribution < -0.4 is 10.1 Å². The van der Waals surface area contributed by atoms with Crippen molar-refractivity contribution in [1.29, 1.82) is 0 Å². The molecule has 0 amide bonds. The van der Waals surface area contributed by atoms with Crippen molar-refractivity contribution >= 4 is 29.3 Å². The highest BCUT2D eigenvalue weighted by atomic mass is 35.5. The Morgan fingerprint density at radius 2 is 1.82 bits per heavy atom. The lowest BCUT2D eigenvalue weighted by molar-refractivity contribution is 0.0824. The Hall–Kier alpha value is -0.700. The van der Waals surface area contributed by atoms with Crippen molar-refractivity contribution in [3.63, 3.8) is 0 Å². The van der Waals surface area contributed by atoms with Crippen molar-refractivity contribution in [2.45, 2.75) is 18.4 Å². The predicted molar refractivity (Wildman–Crippen MR) is 71.0 cm³/mol. The molecule has 0 bridgehead atoms. The van der Waals surface area contributed by atoms with Gasteiger partial charge in [0.1, 0.15) is 11.4 Å². The molecule has 2 heterocycles. The van der Waals surface area contributed by atoms with E-state index in [-0.39, 0.29) is 5.60 Å². The average molecular weight is 270 g/mol. The third-order valence-corrected chi connectivity index (χ3v) is 4.03. The zero-order valence-corrected chi connectivity index (χ0v) is 10.8. The number of fused-ring (bicyclic) bond motifs is 1. The molecule has 0 aliphatic carbocycles. The van der Waals surface area contributed by atoms with Gasteiger partial charge in [0.2, 0.25) is 0 Å². The first-order valence-electron chi connectivity index (χ1n) is 5.77. The molecule has 0 radical (unpaired) electrons. The van der Waals surface area contributed by atoms with E-state index in [1.165, 1.54) is 0 Å². The molecule has 0 atom stereocenters. The summed E-state index contributed by atoms with van der Waals surface area (Å²) < 4.78 is 6.13. The van der Waals surface area contributed by atoms with Crippen LogP contribution in [0.3, 0.4) is 0 Å². The van der Waals surface area contributed by atoms with Gasteiger partial charge < -0.3 is 10.1 Å². The van der Waals surface area contributed by atoms with E-state index in [9.17, 15) is 0 Å². The van der Waals surface area contributed by atoms with Gasteiger partial charge in [-0.2, -0.15) is 0 Å². The predicted octanol–water partition coefficient (Wildman–Crippen LogP) is 3.52.